The van der Waals surface area contributed by atoms with Crippen LogP contribution >= 0.6 is 0 Å². The first-order valence-electron chi connectivity index (χ1n) is 47.7. The van der Waals surface area contributed by atoms with E-state index in [4.69, 9.17) is 14.2 Å². The van der Waals surface area contributed by atoms with Crippen molar-refractivity contribution in [2.45, 2.75) is 17.8 Å². The molecule has 0 fully saturated rings. The Balaban J connectivity index is 0.000000106. The highest BCUT2D eigenvalue weighted by Crippen LogP contribution is 2.58. The molecule has 5 heterocycles. The molecular weight excluding hydrogens is 1670 g/mol. The lowest BCUT2D eigenvalue weighted by Crippen LogP contribution is -2.13. The molecule has 0 N–H and O–H groups in total. The summed E-state index contributed by atoms with van der Waals surface area (Å²) >= 11 is 0. The zero-order valence-corrected chi connectivity index (χ0v) is 75.3. The van der Waals surface area contributed by atoms with Gasteiger partial charge in [0.05, 0.1) is 22.1 Å². The van der Waals surface area contributed by atoms with E-state index >= 15 is 0 Å². The highest BCUT2D eigenvalue weighted by molar-refractivity contribution is 6.12. The minimum absolute atomic E-state index is 0.0284. The van der Waals surface area contributed by atoms with Crippen LogP contribution in [0.4, 0.5) is 0 Å². The number of ether oxygens (including phenoxy) is 3. The minimum atomic E-state index is 0.0284. The predicted molar refractivity (Wildman–Crippen MR) is 574 cm³/mol. The van der Waals surface area contributed by atoms with E-state index in [2.05, 4.69) is 513 Å². The second-order valence-corrected chi connectivity index (χ2v) is 36.6. The molecule has 0 saturated carbocycles. The van der Waals surface area contributed by atoms with Gasteiger partial charge in [-0.05, 0) is 228 Å². The van der Waals surface area contributed by atoms with Crippen LogP contribution in [0.1, 0.15) is 67.8 Å². The Kier molecular flexibility index (Phi) is 19.1. The van der Waals surface area contributed by atoms with Gasteiger partial charge in [-0.3, -0.25) is 0 Å². The lowest BCUT2D eigenvalue weighted by Gasteiger charge is -2.32. The number of nitrogens with zero attached hydrogens (tertiary/aromatic N) is 2. The number of aromatic nitrogens is 2. The summed E-state index contributed by atoms with van der Waals surface area (Å²) in [6.45, 7) is 0. The molecule has 24 aromatic carbocycles. The van der Waals surface area contributed by atoms with Gasteiger partial charge in [0.1, 0.15) is 34.5 Å². The van der Waals surface area contributed by atoms with Crippen molar-refractivity contribution in [3.63, 3.8) is 0 Å². The van der Waals surface area contributed by atoms with Crippen molar-refractivity contribution < 1.29 is 14.2 Å². The summed E-state index contributed by atoms with van der Waals surface area (Å²) in [6, 6.07) is 182. The molecule has 5 nitrogen and oxygen atoms in total. The van der Waals surface area contributed by atoms with Gasteiger partial charge in [0.2, 0.25) is 0 Å². The number of fused-ring (bicyclic) bond motifs is 25. The van der Waals surface area contributed by atoms with Crippen molar-refractivity contribution in [2.24, 2.45) is 0 Å². The first kappa shape index (κ1) is 79.8. The third kappa shape index (κ3) is 13.4. The summed E-state index contributed by atoms with van der Waals surface area (Å²) in [5.41, 5.74) is 28.2. The lowest BCUT2D eigenvalue weighted by atomic mass is 9.76. The van der Waals surface area contributed by atoms with Crippen molar-refractivity contribution in [3.8, 4) is 90.4 Å². The van der Waals surface area contributed by atoms with E-state index in [1.807, 2.05) is 0 Å². The number of hydrogen-bond acceptors (Lipinski definition) is 3. The summed E-state index contributed by atoms with van der Waals surface area (Å²) in [5.74, 6) is 5.70. The molecule has 0 aliphatic carbocycles. The van der Waals surface area contributed by atoms with Crippen LogP contribution in [0.5, 0.6) is 34.5 Å². The van der Waals surface area contributed by atoms with Crippen LogP contribution in [-0.2, 0) is 0 Å². The van der Waals surface area contributed by atoms with Gasteiger partial charge in [0, 0.05) is 84.1 Å². The second-order valence-electron chi connectivity index (χ2n) is 36.6. The van der Waals surface area contributed by atoms with E-state index in [1.165, 1.54) is 219 Å². The Morgan fingerprint density at radius 3 is 0.783 bits per heavy atom. The van der Waals surface area contributed by atoms with Crippen LogP contribution in [0, 0.1) is 0 Å². The molecule has 26 aromatic rings. The minimum Gasteiger partial charge on any atom is -0.457 e. The molecule has 3 aliphatic rings. The van der Waals surface area contributed by atoms with Crippen molar-refractivity contribution >= 4 is 119 Å². The van der Waals surface area contributed by atoms with Gasteiger partial charge in [-0.25, -0.2) is 0 Å². The fourth-order valence-corrected chi connectivity index (χ4v) is 22.8. The molecule has 2 aromatic heterocycles. The van der Waals surface area contributed by atoms with E-state index in [0.29, 0.717) is 0 Å². The Bertz CT molecular complexity index is 9050. The summed E-state index contributed by atoms with van der Waals surface area (Å²) in [7, 11) is 0. The molecule has 0 atom stereocenters. The summed E-state index contributed by atoms with van der Waals surface area (Å²) < 4.78 is 24.7. The zero-order chi connectivity index (χ0) is 90.8. The molecule has 29 rings (SSSR count). The van der Waals surface area contributed by atoms with Crippen molar-refractivity contribution in [1.82, 2.24) is 9.13 Å². The van der Waals surface area contributed by atoms with Crippen LogP contribution in [0.15, 0.2) is 504 Å². The van der Waals surface area contributed by atoms with E-state index < -0.39 is 0 Å². The second kappa shape index (κ2) is 33.1. The molecule has 0 unspecified atom stereocenters. The van der Waals surface area contributed by atoms with E-state index in [9.17, 15) is 0 Å². The molecule has 138 heavy (non-hydrogen) atoms. The van der Waals surface area contributed by atoms with Gasteiger partial charge < -0.3 is 23.3 Å². The van der Waals surface area contributed by atoms with E-state index in [1.54, 1.807) is 0 Å². The van der Waals surface area contributed by atoms with Gasteiger partial charge in [-0.1, -0.05) is 413 Å². The van der Waals surface area contributed by atoms with Crippen molar-refractivity contribution in [2.75, 3.05) is 0 Å². The third-order valence-electron chi connectivity index (χ3n) is 29.1. The van der Waals surface area contributed by atoms with Gasteiger partial charge in [0.15, 0.2) is 0 Å². The van der Waals surface area contributed by atoms with Crippen LogP contribution in [0.25, 0.3) is 175 Å². The fraction of sp³-hybridized carbons (Fsp3) is 0.0226. The molecule has 3 aliphatic heterocycles. The maximum absolute atomic E-state index is 6.65. The lowest BCUT2D eigenvalue weighted by molar-refractivity contribution is 0.456. The van der Waals surface area contributed by atoms with Crippen LogP contribution < -0.4 is 14.2 Å². The topological polar surface area (TPSA) is 37.6 Å². The first-order valence-corrected chi connectivity index (χ1v) is 47.7. The highest BCUT2D eigenvalue weighted by atomic mass is 16.5. The van der Waals surface area contributed by atoms with Crippen LogP contribution in [0.2, 0.25) is 0 Å². The standard InChI is InChI=1S/C51H33NO.C45H29NO.C37H24O/c1-2-12-40(13-3-1)52-45-17-9-8-16-43(45)44-32-39(26-29-46(44)52)35-20-18-33(19-21-35)34-22-24-38(25-23-34)49-50-41-14-6-4-10-36(41)27-30-47(50)53-48-31-28-37-11-5-7-15-42(37)51(48)49;1-3-11-35-31(9-1)23-27-41-44(35)43(45-36-12-4-2-10-32(36)24-28-42(45)47-41)33-19-17-29(18-20-33)30-21-25-34(26-22-30)46-39-15-7-5-13-37(39)38-14-6-8-16-40(38)46;1-2-10-24(11-3-1)27-20-21-32(31-17-9-8-16-30(27)31)37-35-28-14-6-4-12-25(28)18-22-33(35)38-34-23-19-26-13-5-7-15-29(26)36(34)37/h1-32,49H;1-28,43H;1-23,37H. The Hall–Kier alpha value is -17.9. The van der Waals surface area contributed by atoms with Gasteiger partial charge in [0.25, 0.3) is 0 Å². The first-order chi connectivity index (χ1) is 68.5. The Labute approximate surface area is 798 Å². The quantitative estimate of drug-likeness (QED) is 0.145. The SMILES string of the molecule is c1ccc(-c2ccc(C3c4c(ccc5ccccc45)Oc4ccc5ccccc5c43)c3ccccc23)cc1.c1ccc(-n2c3ccccc3c3cc(-c4ccc(-c5ccc(C6c7c(ccc8ccccc78)Oc7ccc8ccccc8c76)cc5)cc4)ccc32)cc1.c1ccc2c3c(ccc2c1)Oc1ccc2ccccc2c1C3c1ccc(-c2ccc(-n3c4ccccc4c4ccccc43)cc2)cc1. The molecule has 0 saturated heterocycles. The Morgan fingerprint density at radius 1 is 0.152 bits per heavy atom. The molecule has 0 amide bonds. The van der Waals surface area contributed by atoms with Gasteiger partial charge >= 0.3 is 0 Å². The predicted octanol–water partition coefficient (Wildman–Crippen LogP) is 35.9. The van der Waals surface area contributed by atoms with Crippen LogP contribution in [0.3, 0.4) is 0 Å². The molecule has 646 valence electrons. The third-order valence-corrected chi connectivity index (χ3v) is 29.1. The van der Waals surface area contributed by atoms with Gasteiger partial charge in [-0.2, -0.15) is 0 Å². The van der Waals surface area contributed by atoms with Crippen LogP contribution in [-0.4, -0.2) is 9.13 Å². The smallest absolute Gasteiger partial charge is 0.132 e. The number of hydrogen-bond donors (Lipinski definition) is 0. The molecule has 0 spiro atoms. The maximum Gasteiger partial charge on any atom is 0.132 e. The number of rotatable bonds is 9. The van der Waals surface area contributed by atoms with Crippen molar-refractivity contribution in [3.05, 3.63) is 554 Å². The molecule has 5 heteroatoms. The maximum atomic E-state index is 6.65. The van der Waals surface area contributed by atoms with E-state index in [-0.39, 0.29) is 17.8 Å². The number of para-hydroxylation sites is 4. The summed E-state index contributed by atoms with van der Waals surface area (Å²) in [4.78, 5) is 0. The normalized spacial score (nSPS) is 12.7. The summed E-state index contributed by atoms with van der Waals surface area (Å²) in [5, 5.41) is 22.4. The molecular formula is C133H86N2O3. The van der Waals surface area contributed by atoms with Crippen molar-refractivity contribution in [1.29, 1.82) is 0 Å². The molecule has 0 bridgehead atoms. The average Bonchev–Trinajstić information content (AvgIpc) is 1.01. The largest absolute Gasteiger partial charge is 0.457 e. The summed E-state index contributed by atoms with van der Waals surface area (Å²) in [6.07, 6.45) is 0. The monoisotopic (exact) mass is 1760 g/mol. The average molecular weight is 1760 g/mol. The highest BCUT2D eigenvalue weighted by Gasteiger charge is 2.37. The molecule has 0 radical (unpaired) electrons. The Morgan fingerprint density at radius 2 is 0.413 bits per heavy atom. The number of benzene rings is 24. The van der Waals surface area contributed by atoms with Gasteiger partial charge in [-0.15, -0.1) is 0 Å². The fourth-order valence-electron chi connectivity index (χ4n) is 22.8. The van der Waals surface area contributed by atoms with E-state index in [0.717, 1.165) is 40.2 Å². The zero-order valence-electron chi connectivity index (χ0n) is 75.3.